The lowest BCUT2D eigenvalue weighted by Gasteiger charge is -2.40. The van der Waals surface area contributed by atoms with E-state index in [4.69, 9.17) is 4.74 Å². The van der Waals surface area contributed by atoms with Gasteiger partial charge >= 0.3 is 12.0 Å². The van der Waals surface area contributed by atoms with E-state index < -0.39 is 0 Å². The van der Waals surface area contributed by atoms with Crippen LogP contribution >= 0.6 is 11.8 Å². The summed E-state index contributed by atoms with van der Waals surface area (Å²) < 4.78 is 5.32. The summed E-state index contributed by atoms with van der Waals surface area (Å²) in [5.74, 6) is 0.702. The Hall–Kier alpha value is -2.48. The molecule has 2 heterocycles. The van der Waals surface area contributed by atoms with Gasteiger partial charge in [0.15, 0.2) is 5.17 Å². The van der Waals surface area contributed by atoms with E-state index in [2.05, 4.69) is 15.2 Å². The summed E-state index contributed by atoms with van der Waals surface area (Å²) in [4.78, 5) is 32.9. The third-order valence-corrected chi connectivity index (χ3v) is 5.71. The minimum atomic E-state index is -0.326. The Morgan fingerprint density at radius 3 is 2.68 bits per heavy atom. The van der Waals surface area contributed by atoms with Gasteiger partial charge in [-0.2, -0.15) is 0 Å². The van der Waals surface area contributed by atoms with Gasteiger partial charge in [-0.3, -0.25) is 0 Å². The molecule has 0 bridgehead atoms. The average molecular weight is 403 g/mol. The van der Waals surface area contributed by atoms with E-state index in [1.807, 2.05) is 31.2 Å². The Kier molecular flexibility index (Phi) is 6.28. The number of allylic oxidation sites excluding steroid dienone is 1. The molecular formula is C20H26N4O3S. The van der Waals surface area contributed by atoms with Crippen molar-refractivity contribution in [1.82, 2.24) is 9.80 Å². The molecule has 8 heteroatoms. The molecule has 0 unspecified atom stereocenters. The minimum absolute atomic E-state index is 0.185. The van der Waals surface area contributed by atoms with Crippen LogP contribution in [0.3, 0.4) is 0 Å². The van der Waals surface area contributed by atoms with Gasteiger partial charge in [-0.25, -0.2) is 14.6 Å². The first kappa shape index (κ1) is 20.3. The van der Waals surface area contributed by atoms with Gasteiger partial charge in [0.1, 0.15) is 0 Å². The molecule has 3 rings (SSSR count). The van der Waals surface area contributed by atoms with Crippen LogP contribution in [-0.2, 0) is 9.53 Å². The standard InChI is InChI=1S/C20H26N4O3S/c1-5-27-18(25)16-13(2)21-20-24(11-6-12-28-20)17(16)14-7-9-15(10-8-14)22-19(26)23(3)4/h7-10,17H,5-6,11-12H2,1-4H3,(H,22,26)/t17-/m0/s1. The molecule has 1 N–H and O–H groups in total. The van der Waals surface area contributed by atoms with Crippen molar-refractivity contribution < 1.29 is 14.3 Å². The first-order chi connectivity index (χ1) is 13.4. The lowest BCUT2D eigenvalue weighted by atomic mass is 9.94. The van der Waals surface area contributed by atoms with Crippen molar-refractivity contribution in [3.8, 4) is 0 Å². The predicted molar refractivity (Wildman–Crippen MR) is 112 cm³/mol. The molecule has 1 atom stereocenters. The second-order valence-electron chi connectivity index (χ2n) is 6.86. The summed E-state index contributed by atoms with van der Waals surface area (Å²) >= 11 is 1.72. The van der Waals surface area contributed by atoms with Gasteiger partial charge in [0.05, 0.1) is 23.9 Å². The van der Waals surface area contributed by atoms with E-state index in [-0.39, 0.29) is 18.0 Å². The number of carbonyl (C=O) groups excluding carboxylic acids is 2. The Labute approximate surface area is 169 Å². The van der Waals surface area contributed by atoms with Crippen molar-refractivity contribution in [1.29, 1.82) is 0 Å². The molecule has 150 valence electrons. The van der Waals surface area contributed by atoms with Crippen molar-refractivity contribution in [2.75, 3.05) is 38.3 Å². The number of anilines is 1. The number of amidine groups is 1. The minimum Gasteiger partial charge on any atom is -0.463 e. The zero-order valence-corrected chi connectivity index (χ0v) is 17.5. The number of aliphatic imine (C=N–C) groups is 1. The Morgan fingerprint density at radius 1 is 1.32 bits per heavy atom. The fraction of sp³-hybridized carbons (Fsp3) is 0.450. The van der Waals surface area contributed by atoms with E-state index in [0.29, 0.717) is 23.6 Å². The molecule has 1 aromatic carbocycles. The lowest BCUT2D eigenvalue weighted by Crippen LogP contribution is -2.42. The number of esters is 1. The lowest BCUT2D eigenvalue weighted by molar-refractivity contribution is -0.139. The van der Waals surface area contributed by atoms with Crippen LogP contribution in [0.25, 0.3) is 0 Å². The zero-order valence-electron chi connectivity index (χ0n) is 16.7. The maximum absolute atomic E-state index is 12.7. The summed E-state index contributed by atoms with van der Waals surface area (Å²) in [6.07, 6.45) is 1.03. The van der Waals surface area contributed by atoms with Crippen LogP contribution < -0.4 is 5.32 Å². The Morgan fingerprint density at radius 2 is 2.04 bits per heavy atom. The number of rotatable bonds is 4. The monoisotopic (exact) mass is 402 g/mol. The smallest absolute Gasteiger partial charge is 0.338 e. The molecule has 28 heavy (non-hydrogen) atoms. The Balaban J connectivity index is 1.95. The molecule has 1 saturated heterocycles. The fourth-order valence-corrected chi connectivity index (χ4v) is 4.29. The van der Waals surface area contributed by atoms with Crippen LogP contribution in [0.15, 0.2) is 40.5 Å². The predicted octanol–water partition coefficient (Wildman–Crippen LogP) is 3.47. The molecule has 0 saturated carbocycles. The molecule has 1 fully saturated rings. The maximum atomic E-state index is 12.7. The van der Waals surface area contributed by atoms with Gasteiger partial charge < -0.3 is 19.9 Å². The molecule has 0 radical (unpaired) electrons. The Bertz CT molecular complexity index is 817. The van der Waals surface area contributed by atoms with E-state index >= 15 is 0 Å². The number of nitrogens with one attached hydrogen (secondary N) is 1. The molecular weight excluding hydrogens is 376 g/mol. The molecule has 1 aromatic rings. The van der Waals surface area contributed by atoms with Crippen molar-refractivity contribution in [3.63, 3.8) is 0 Å². The molecule has 0 spiro atoms. The van der Waals surface area contributed by atoms with Gasteiger partial charge in [0.25, 0.3) is 0 Å². The highest BCUT2D eigenvalue weighted by Crippen LogP contribution is 2.40. The number of urea groups is 1. The normalized spacial score (nSPS) is 18.9. The molecule has 2 aliphatic heterocycles. The van der Waals surface area contributed by atoms with Gasteiger partial charge in [0, 0.05) is 32.1 Å². The second-order valence-corrected chi connectivity index (χ2v) is 7.92. The number of carbonyl (C=O) groups is 2. The number of hydrogen-bond donors (Lipinski definition) is 1. The number of nitrogens with zero attached hydrogens (tertiary/aromatic N) is 3. The summed E-state index contributed by atoms with van der Waals surface area (Å²) in [5, 5.41) is 3.78. The summed E-state index contributed by atoms with van der Waals surface area (Å²) in [6.45, 7) is 4.83. The molecule has 0 aliphatic carbocycles. The third-order valence-electron chi connectivity index (χ3n) is 4.64. The van der Waals surface area contributed by atoms with Crippen LogP contribution in [0.4, 0.5) is 10.5 Å². The summed E-state index contributed by atoms with van der Waals surface area (Å²) in [6, 6.07) is 7.19. The van der Waals surface area contributed by atoms with Crippen LogP contribution in [0.1, 0.15) is 31.9 Å². The van der Waals surface area contributed by atoms with Gasteiger partial charge in [0.2, 0.25) is 0 Å². The molecule has 2 amide bonds. The number of ether oxygens (including phenoxy) is 1. The maximum Gasteiger partial charge on any atom is 0.338 e. The third kappa shape index (κ3) is 4.16. The summed E-state index contributed by atoms with van der Waals surface area (Å²) in [5.41, 5.74) is 2.96. The van der Waals surface area contributed by atoms with Crippen molar-refractivity contribution >= 4 is 34.6 Å². The summed E-state index contributed by atoms with van der Waals surface area (Å²) in [7, 11) is 3.39. The van der Waals surface area contributed by atoms with Crippen molar-refractivity contribution in [3.05, 3.63) is 41.1 Å². The number of benzene rings is 1. The molecule has 0 aromatic heterocycles. The van der Waals surface area contributed by atoms with Crippen LogP contribution in [0, 0.1) is 0 Å². The SMILES string of the molecule is CCOC(=O)C1=C(C)N=C2SCCCN2[C@H]1c1ccc(NC(=O)N(C)C)cc1. The van der Waals surface area contributed by atoms with Gasteiger partial charge in [-0.15, -0.1) is 0 Å². The number of thioether (sulfide) groups is 1. The highest BCUT2D eigenvalue weighted by molar-refractivity contribution is 8.13. The number of hydrogen-bond acceptors (Lipinski definition) is 6. The van der Waals surface area contributed by atoms with Crippen LogP contribution in [0.2, 0.25) is 0 Å². The average Bonchev–Trinajstić information content (AvgIpc) is 2.67. The van der Waals surface area contributed by atoms with Crippen LogP contribution in [0.5, 0.6) is 0 Å². The zero-order chi connectivity index (χ0) is 20.3. The van der Waals surface area contributed by atoms with E-state index in [1.165, 1.54) is 4.90 Å². The molecule has 7 nitrogen and oxygen atoms in total. The van der Waals surface area contributed by atoms with E-state index in [1.54, 1.807) is 32.8 Å². The first-order valence-electron chi connectivity index (χ1n) is 9.36. The largest absolute Gasteiger partial charge is 0.463 e. The number of amides is 2. The second kappa shape index (κ2) is 8.68. The molecule has 2 aliphatic rings. The fourth-order valence-electron chi connectivity index (χ4n) is 3.27. The highest BCUT2D eigenvalue weighted by atomic mass is 32.2. The first-order valence-corrected chi connectivity index (χ1v) is 10.3. The van der Waals surface area contributed by atoms with Crippen molar-refractivity contribution in [2.24, 2.45) is 4.99 Å². The highest BCUT2D eigenvalue weighted by Gasteiger charge is 2.37. The van der Waals surface area contributed by atoms with Gasteiger partial charge in [-0.05, 0) is 38.0 Å². The van der Waals surface area contributed by atoms with Crippen LogP contribution in [-0.4, -0.2) is 60.0 Å². The topological polar surface area (TPSA) is 74.2 Å². The van der Waals surface area contributed by atoms with Crippen molar-refractivity contribution in [2.45, 2.75) is 26.3 Å². The van der Waals surface area contributed by atoms with E-state index in [0.717, 1.165) is 29.4 Å². The quantitative estimate of drug-likeness (QED) is 0.781. The van der Waals surface area contributed by atoms with Gasteiger partial charge in [-0.1, -0.05) is 23.9 Å². The number of fused-ring (bicyclic) bond motifs is 1. The van der Waals surface area contributed by atoms with E-state index in [9.17, 15) is 9.59 Å².